The Balaban J connectivity index is 1.83. The van der Waals surface area contributed by atoms with Gasteiger partial charge in [-0.15, -0.1) is 0 Å². The molecule has 3 N–H and O–H groups in total. The predicted molar refractivity (Wildman–Crippen MR) is 64.6 cm³/mol. The summed E-state index contributed by atoms with van der Waals surface area (Å²) in [6, 6.07) is 3.11. The number of hydrogen-bond donors (Lipinski definition) is 3. The maximum absolute atomic E-state index is 11.8. The van der Waals surface area contributed by atoms with E-state index in [2.05, 4.69) is 15.6 Å². The molecule has 0 bridgehead atoms. The van der Waals surface area contributed by atoms with Crippen LogP contribution in [0.25, 0.3) is 0 Å². The van der Waals surface area contributed by atoms with Crippen molar-refractivity contribution in [3.05, 3.63) is 34.2 Å². The quantitative estimate of drug-likeness (QED) is 0.697. The lowest BCUT2D eigenvalue weighted by Gasteiger charge is -2.22. The van der Waals surface area contributed by atoms with Crippen molar-refractivity contribution in [2.45, 2.75) is 31.8 Å². The van der Waals surface area contributed by atoms with Crippen molar-refractivity contribution in [2.24, 2.45) is 0 Å². The maximum atomic E-state index is 11.8. The van der Waals surface area contributed by atoms with Crippen molar-refractivity contribution in [1.29, 1.82) is 0 Å². The SMILES string of the molecule is O=C(NCc1ccc(=O)[nH]c1)[C@H]1CCCCN1. The summed E-state index contributed by atoms with van der Waals surface area (Å²) in [4.78, 5) is 25.2. The van der Waals surface area contributed by atoms with Gasteiger partial charge in [0.15, 0.2) is 0 Å². The molecule has 92 valence electrons. The minimum absolute atomic E-state index is 0.0379. The average molecular weight is 235 g/mol. The van der Waals surface area contributed by atoms with E-state index in [0.29, 0.717) is 6.54 Å². The molecule has 1 aromatic rings. The largest absolute Gasteiger partial charge is 0.351 e. The zero-order valence-corrected chi connectivity index (χ0v) is 9.66. The first kappa shape index (κ1) is 11.9. The third kappa shape index (κ3) is 3.42. The molecule has 1 atom stereocenters. The Labute approximate surface area is 99.6 Å². The molecule has 0 radical (unpaired) electrons. The van der Waals surface area contributed by atoms with Gasteiger partial charge in [0.2, 0.25) is 11.5 Å². The van der Waals surface area contributed by atoms with Crippen molar-refractivity contribution in [2.75, 3.05) is 6.54 Å². The Morgan fingerprint density at radius 3 is 2.94 bits per heavy atom. The molecule has 2 heterocycles. The molecule has 0 saturated carbocycles. The van der Waals surface area contributed by atoms with Crippen LogP contribution < -0.4 is 16.2 Å². The second-order valence-electron chi connectivity index (χ2n) is 4.28. The van der Waals surface area contributed by atoms with Crippen molar-refractivity contribution in [3.8, 4) is 0 Å². The van der Waals surface area contributed by atoms with E-state index in [-0.39, 0.29) is 17.5 Å². The highest BCUT2D eigenvalue weighted by Crippen LogP contribution is 2.06. The lowest BCUT2D eigenvalue weighted by molar-refractivity contribution is -0.123. The molecule has 0 unspecified atom stereocenters. The predicted octanol–water partition coefficient (Wildman–Crippen LogP) is 0.133. The number of rotatable bonds is 3. The summed E-state index contributed by atoms with van der Waals surface area (Å²) in [5, 5.41) is 6.06. The number of H-pyrrole nitrogens is 1. The Kier molecular flexibility index (Phi) is 3.93. The number of nitrogens with one attached hydrogen (secondary N) is 3. The summed E-state index contributed by atoms with van der Waals surface area (Å²) in [7, 11) is 0. The van der Waals surface area contributed by atoms with E-state index < -0.39 is 0 Å². The molecule has 1 aromatic heterocycles. The van der Waals surface area contributed by atoms with Crippen LogP contribution in [-0.2, 0) is 11.3 Å². The number of amides is 1. The van der Waals surface area contributed by atoms with Gasteiger partial charge in [-0.3, -0.25) is 9.59 Å². The molecule has 5 nitrogen and oxygen atoms in total. The fourth-order valence-corrected chi connectivity index (χ4v) is 1.94. The summed E-state index contributed by atoms with van der Waals surface area (Å²) < 4.78 is 0. The van der Waals surface area contributed by atoms with Crippen LogP contribution in [0.1, 0.15) is 24.8 Å². The fourth-order valence-electron chi connectivity index (χ4n) is 1.94. The molecular formula is C12H17N3O2. The number of carbonyl (C=O) groups excluding carboxylic acids is 1. The maximum Gasteiger partial charge on any atom is 0.247 e. The van der Waals surface area contributed by atoms with Gasteiger partial charge in [-0.2, -0.15) is 0 Å². The minimum atomic E-state index is -0.131. The van der Waals surface area contributed by atoms with Gasteiger partial charge < -0.3 is 15.6 Å². The van der Waals surface area contributed by atoms with Crippen LogP contribution >= 0.6 is 0 Å². The minimum Gasteiger partial charge on any atom is -0.351 e. The number of piperidine rings is 1. The molecule has 5 heteroatoms. The highest BCUT2D eigenvalue weighted by Gasteiger charge is 2.19. The van der Waals surface area contributed by atoms with Gasteiger partial charge in [-0.1, -0.05) is 12.5 Å². The molecule has 1 aliphatic rings. The van der Waals surface area contributed by atoms with Crippen LogP contribution in [0.15, 0.2) is 23.1 Å². The van der Waals surface area contributed by atoms with E-state index >= 15 is 0 Å². The summed E-state index contributed by atoms with van der Waals surface area (Å²) in [6.45, 7) is 1.37. The number of aromatic amines is 1. The van der Waals surface area contributed by atoms with Crippen molar-refractivity contribution >= 4 is 5.91 Å². The normalized spacial score (nSPS) is 19.9. The van der Waals surface area contributed by atoms with Gasteiger partial charge in [0.25, 0.3) is 0 Å². The van der Waals surface area contributed by atoms with Crippen LogP contribution in [0.5, 0.6) is 0 Å². The third-order valence-corrected chi connectivity index (χ3v) is 2.94. The van der Waals surface area contributed by atoms with Gasteiger partial charge in [-0.05, 0) is 24.9 Å². The smallest absolute Gasteiger partial charge is 0.247 e. The summed E-state index contributed by atoms with van der Waals surface area (Å²) in [6.07, 6.45) is 4.77. The standard InChI is InChI=1S/C12H17N3O2/c16-11-5-4-9(7-14-11)8-15-12(17)10-3-1-2-6-13-10/h4-5,7,10,13H,1-3,6,8H2,(H,14,16)(H,15,17)/t10-/m1/s1. The number of aromatic nitrogens is 1. The first-order chi connectivity index (χ1) is 8.25. The molecule has 1 saturated heterocycles. The van der Waals surface area contributed by atoms with Crippen molar-refractivity contribution in [3.63, 3.8) is 0 Å². The molecule has 17 heavy (non-hydrogen) atoms. The Morgan fingerprint density at radius 2 is 2.29 bits per heavy atom. The van der Waals surface area contributed by atoms with E-state index in [1.54, 1.807) is 12.3 Å². The summed E-state index contributed by atoms with van der Waals surface area (Å²) >= 11 is 0. The van der Waals surface area contributed by atoms with Gasteiger partial charge in [-0.25, -0.2) is 0 Å². The van der Waals surface area contributed by atoms with Crippen LogP contribution in [0.4, 0.5) is 0 Å². The topological polar surface area (TPSA) is 74.0 Å². The first-order valence-corrected chi connectivity index (χ1v) is 5.94. The monoisotopic (exact) mass is 235 g/mol. The highest BCUT2D eigenvalue weighted by atomic mass is 16.2. The van der Waals surface area contributed by atoms with Crippen LogP contribution in [0.3, 0.4) is 0 Å². The molecule has 0 aliphatic carbocycles. The second-order valence-corrected chi connectivity index (χ2v) is 4.28. The lowest BCUT2D eigenvalue weighted by Crippen LogP contribution is -2.46. The number of hydrogen-bond acceptors (Lipinski definition) is 3. The molecule has 0 aromatic carbocycles. The van der Waals surface area contributed by atoms with Crippen LogP contribution in [0, 0.1) is 0 Å². The molecule has 1 aliphatic heterocycles. The lowest BCUT2D eigenvalue weighted by atomic mass is 10.0. The molecule has 1 amide bonds. The Morgan fingerprint density at radius 1 is 1.41 bits per heavy atom. The number of carbonyl (C=O) groups is 1. The van der Waals surface area contributed by atoms with E-state index in [9.17, 15) is 9.59 Å². The molecule has 0 spiro atoms. The van der Waals surface area contributed by atoms with E-state index in [4.69, 9.17) is 0 Å². The van der Waals surface area contributed by atoms with Crippen LogP contribution in [0.2, 0.25) is 0 Å². The van der Waals surface area contributed by atoms with Crippen LogP contribution in [-0.4, -0.2) is 23.5 Å². The van der Waals surface area contributed by atoms with Gasteiger partial charge in [0, 0.05) is 18.8 Å². The Bertz CT molecular complexity index is 415. The second kappa shape index (κ2) is 5.63. The van der Waals surface area contributed by atoms with Gasteiger partial charge in [0.05, 0.1) is 6.04 Å². The number of pyridine rings is 1. The molecular weight excluding hydrogens is 218 g/mol. The summed E-state index contributed by atoms with van der Waals surface area (Å²) in [5.41, 5.74) is 0.766. The van der Waals surface area contributed by atoms with Gasteiger partial charge in [0.1, 0.15) is 0 Å². The summed E-state index contributed by atoms with van der Waals surface area (Å²) in [5.74, 6) is 0.0379. The van der Waals surface area contributed by atoms with E-state index in [0.717, 1.165) is 31.4 Å². The Hall–Kier alpha value is -1.62. The molecule has 1 fully saturated rings. The molecule has 2 rings (SSSR count). The average Bonchev–Trinajstić information content (AvgIpc) is 2.39. The fraction of sp³-hybridized carbons (Fsp3) is 0.500. The first-order valence-electron chi connectivity index (χ1n) is 5.94. The zero-order chi connectivity index (χ0) is 12.1. The van der Waals surface area contributed by atoms with Crippen molar-refractivity contribution < 1.29 is 4.79 Å². The van der Waals surface area contributed by atoms with Crippen molar-refractivity contribution in [1.82, 2.24) is 15.6 Å². The van der Waals surface area contributed by atoms with E-state index in [1.807, 2.05) is 0 Å². The zero-order valence-electron chi connectivity index (χ0n) is 9.66. The third-order valence-electron chi connectivity index (χ3n) is 2.94. The van der Waals surface area contributed by atoms with E-state index in [1.165, 1.54) is 6.07 Å². The van der Waals surface area contributed by atoms with Gasteiger partial charge >= 0.3 is 0 Å². The highest BCUT2D eigenvalue weighted by molar-refractivity contribution is 5.81.